The van der Waals surface area contributed by atoms with Gasteiger partial charge in [-0.15, -0.1) is 0 Å². The number of benzene rings is 8. The van der Waals surface area contributed by atoms with Gasteiger partial charge in [-0.2, -0.15) is 0 Å². The molecular formula is C44H28O. The third kappa shape index (κ3) is 4.20. The minimum absolute atomic E-state index is 0.103. The van der Waals surface area contributed by atoms with Crippen LogP contribution in [-0.2, 0) is 6.42 Å². The van der Waals surface area contributed by atoms with Crippen LogP contribution in [0.2, 0.25) is 0 Å². The Morgan fingerprint density at radius 1 is 0.311 bits per heavy atom. The molecule has 0 aromatic heterocycles. The number of carbonyl (C=O) groups is 1. The van der Waals surface area contributed by atoms with E-state index in [1.165, 1.54) is 43.4 Å². The van der Waals surface area contributed by atoms with E-state index in [-0.39, 0.29) is 5.78 Å². The zero-order valence-corrected chi connectivity index (χ0v) is 24.6. The van der Waals surface area contributed by atoms with Crippen LogP contribution in [0, 0.1) is 0 Å². The van der Waals surface area contributed by atoms with E-state index in [1.807, 2.05) is 6.07 Å². The van der Waals surface area contributed by atoms with Gasteiger partial charge < -0.3 is 0 Å². The highest BCUT2D eigenvalue weighted by molar-refractivity contribution is 6.25. The van der Waals surface area contributed by atoms with Gasteiger partial charge in [-0.05, 0) is 108 Å². The molecule has 0 unspecified atom stereocenters. The summed E-state index contributed by atoms with van der Waals surface area (Å²) in [5, 5.41) is 7.54. The monoisotopic (exact) mass is 572 g/mol. The molecule has 8 aromatic carbocycles. The number of ketones is 1. The molecule has 1 aliphatic carbocycles. The van der Waals surface area contributed by atoms with E-state index in [4.69, 9.17) is 0 Å². The lowest BCUT2D eigenvalue weighted by atomic mass is 9.82. The van der Waals surface area contributed by atoms with E-state index >= 15 is 0 Å². The highest BCUT2D eigenvalue weighted by Crippen LogP contribution is 2.39. The van der Waals surface area contributed by atoms with Crippen LogP contribution < -0.4 is 0 Å². The van der Waals surface area contributed by atoms with E-state index in [2.05, 4.69) is 152 Å². The molecule has 1 heteroatoms. The van der Waals surface area contributed by atoms with E-state index in [1.54, 1.807) is 0 Å². The number of hydrogen-bond donors (Lipinski definition) is 0. The quantitative estimate of drug-likeness (QED) is 0.192. The summed E-state index contributed by atoms with van der Waals surface area (Å²) < 4.78 is 0. The summed E-state index contributed by atoms with van der Waals surface area (Å²) in [5.74, 6) is 0.103. The maximum atomic E-state index is 14.1. The van der Waals surface area contributed by atoms with E-state index in [9.17, 15) is 4.79 Å². The van der Waals surface area contributed by atoms with Gasteiger partial charge in [0, 0.05) is 11.1 Å². The maximum absolute atomic E-state index is 14.1. The van der Waals surface area contributed by atoms with Gasteiger partial charge in [-0.25, -0.2) is 0 Å². The number of rotatable bonds is 3. The Bertz CT molecular complexity index is 2430. The average molecular weight is 573 g/mol. The molecule has 210 valence electrons. The first-order chi connectivity index (χ1) is 22.2. The first kappa shape index (κ1) is 25.7. The molecule has 0 heterocycles. The molecule has 1 nitrogen and oxygen atoms in total. The standard InChI is InChI=1S/C44H28O/c45-44-41-25-31(30-12-8-11-29(23-30)28-9-2-1-3-10-28)17-19-34(41)24-35-20-18-32(26-42(35)44)33-21-22-40-38-15-5-4-13-36(38)37-14-6-7-16-39(37)43(40)27-33/h1-23,25-27H,24H2. The predicted octanol–water partition coefficient (Wildman–Crippen LogP) is 11.3. The van der Waals surface area contributed by atoms with Crippen molar-refractivity contribution < 1.29 is 4.79 Å². The van der Waals surface area contributed by atoms with Gasteiger partial charge in [0.1, 0.15) is 0 Å². The molecule has 0 atom stereocenters. The molecule has 8 aromatic rings. The van der Waals surface area contributed by atoms with Crippen molar-refractivity contribution in [2.24, 2.45) is 0 Å². The summed E-state index contributed by atoms with van der Waals surface area (Å²) in [5.41, 5.74) is 10.5. The van der Waals surface area contributed by atoms with Gasteiger partial charge in [0.05, 0.1) is 0 Å². The molecule has 9 rings (SSSR count). The van der Waals surface area contributed by atoms with E-state index in [0.717, 1.165) is 50.9 Å². The fourth-order valence-electron chi connectivity index (χ4n) is 7.19. The topological polar surface area (TPSA) is 17.1 Å². The zero-order chi connectivity index (χ0) is 29.9. The fourth-order valence-corrected chi connectivity index (χ4v) is 7.19. The van der Waals surface area contributed by atoms with Crippen LogP contribution in [0.4, 0.5) is 0 Å². The molecule has 0 saturated carbocycles. The van der Waals surface area contributed by atoms with Crippen LogP contribution in [-0.4, -0.2) is 5.78 Å². The van der Waals surface area contributed by atoms with Crippen molar-refractivity contribution in [1.82, 2.24) is 0 Å². The normalized spacial score (nSPS) is 12.4. The SMILES string of the molecule is O=C1c2cc(-c3cccc(-c4ccccc4)c3)ccc2Cc2ccc(-c3ccc4c5ccccc5c5ccccc5c4c3)cc21. The Kier molecular flexibility index (Phi) is 5.79. The summed E-state index contributed by atoms with van der Waals surface area (Å²) in [7, 11) is 0. The van der Waals surface area contributed by atoms with Crippen LogP contribution in [0.1, 0.15) is 27.0 Å². The number of fused-ring (bicyclic) bond motifs is 8. The summed E-state index contributed by atoms with van der Waals surface area (Å²) in [4.78, 5) is 14.1. The van der Waals surface area contributed by atoms with Gasteiger partial charge in [-0.1, -0.05) is 133 Å². The van der Waals surface area contributed by atoms with Crippen LogP contribution in [0.15, 0.2) is 158 Å². The Balaban J connectivity index is 1.12. The second kappa shape index (κ2) is 10.1. The Labute approximate surface area is 262 Å². The highest BCUT2D eigenvalue weighted by atomic mass is 16.1. The fraction of sp³-hybridized carbons (Fsp3) is 0.0227. The first-order valence-corrected chi connectivity index (χ1v) is 15.5. The smallest absolute Gasteiger partial charge is 0.193 e. The number of carbonyl (C=O) groups excluding carboxylic acids is 1. The van der Waals surface area contributed by atoms with Crippen molar-refractivity contribution in [1.29, 1.82) is 0 Å². The van der Waals surface area contributed by atoms with Crippen molar-refractivity contribution in [3.05, 3.63) is 180 Å². The van der Waals surface area contributed by atoms with Crippen molar-refractivity contribution in [3.8, 4) is 33.4 Å². The van der Waals surface area contributed by atoms with Gasteiger partial charge in [0.25, 0.3) is 0 Å². The minimum Gasteiger partial charge on any atom is -0.289 e. The van der Waals surface area contributed by atoms with Crippen molar-refractivity contribution in [3.63, 3.8) is 0 Å². The summed E-state index contributed by atoms with van der Waals surface area (Å²) in [6, 6.07) is 55.8. The van der Waals surface area contributed by atoms with Crippen LogP contribution in [0.25, 0.3) is 65.7 Å². The first-order valence-electron chi connectivity index (χ1n) is 15.5. The van der Waals surface area contributed by atoms with Crippen LogP contribution in [0.5, 0.6) is 0 Å². The molecule has 0 fully saturated rings. The third-order valence-corrected chi connectivity index (χ3v) is 9.47. The third-order valence-electron chi connectivity index (χ3n) is 9.47. The summed E-state index contributed by atoms with van der Waals surface area (Å²) >= 11 is 0. The molecule has 0 N–H and O–H groups in total. The molecule has 0 spiro atoms. The van der Waals surface area contributed by atoms with Crippen LogP contribution in [0.3, 0.4) is 0 Å². The highest BCUT2D eigenvalue weighted by Gasteiger charge is 2.24. The Morgan fingerprint density at radius 2 is 0.733 bits per heavy atom. The zero-order valence-electron chi connectivity index (χ0n) is 24.6. The van der Waals surface area contributed by atoms with E-state index < -0.39 is 0 Å². The molecule has 0 radical (unpaired) electrons. The maximum Gasteiger partial charge on any atom is 0.193 e. The molecule has 0 amide bonds. The lowest BCUT2D eigenvalue weighted by Gasteiger charge is -2.21. The molecule has 1 aliphatic rings. The molecule has 0 aliphatic heterocycles. The number of hydrogen-bond acceptors (Lipinski definition) is 1. The molecule has 45 heavy (non-hydrogen) atoms. The van der Waals surface area contributed by atoms with E-state index in [0.29, 0.717) is 0 Å². The van der Waals surface area contributed by atoms with Crippen molar-refractivity contribution in [2.45, 2.75) is 6.42 Å². The second-order valence-corrected chi connectivity index (χ2v) is 12.0. The lowest BCUT2D eigenvalue weighted by molar-refractivity contribution is 0.103. The van der Waals surface area contributed by atoms with Crippen LogP contribution >= 0.6 is 0 Å². The lowest BCUT2D eigenvalue weighted by Crippen LogP contribution is -2.15. The van der Waals surface area contributed by atoms with Gasteiger partial charge in [0.15, 0.2) is 5.78 Å². The Hall–Kier alpha value is -5.79. The average Bonchev–Trinajstić information content (AvgIpc) is 3.12. The summed E-state index contributed by atoms with van der Waals surface area (Å²) in [6.45, 7) is 0. The molecule has 0 saturated heterocycles. The van der Waals surface area contributed by atoms with Crippen molar-refractivity contribution in [2.75, 3.05) is 0 Å². The van der Waals surface area contributed by atoms with Gasteiger partial charge in [0.2, 0.25) is 0 Å². The van der Waals surface area contributed by atoms with Crippen molar-refractivity contribution >= 4 is 38.1 Å². The largest absolute Gasteiger partial charge is 0.289 e. The predicted molar refractivity (Wildman–Crippen MR) is 188 cm³/mol. The second-order valence-electron chi connectivity index (χ2n) is 12.0. The minimum atomic E-state index is 0.103. The van der Waals surface area contributed by atoms with Gasteiger partial charge >= 0.3 is 0 Å². The van der Waals surface area contributed by atoms with Gasteiger partial charge in [-0.3, -0.25) is 4.79 Å². The molecular weight excluding hydrogens is 544 g/mol. The summed E-state index contributed by atoms with van der Waals surface area (Å²) in [6.07, 6.45) is 0.759. The molecule has 0 bridgehead atoms. The Morgan fingerprint density at radius 3 is 1.33 bits per heavy atom.